The van der Waals surface area contributed by atoms with Gasteiger partial charge in [0.2, 0.25) is 0 Å². The van der Waals surface area contributed by atoms with E-state index in [2.05, 4.69) is 16.4 Å². The lowest BCUT2D eigenvalue weighted by Crippen LogP contribution is -2.39. The van der Waals surface area contributed by atoms with Crippen LogP contribution in [0.4, 0.5) is 0 Å². The van der Waals surface area contributed by atoms with Crippen LogP contribution in [-0.4, -0.2) is 17.0 Å². The lowest BCUT2D eigenvalue weighted by molar-refractivity contribution is -0.127. The van der Waals surface area contributed by atoms with Crippen molar-refractivity contribution in [3.8, 4) is 11.8 Å². The van der Waals surface area contributed by atoms with Crippen molar-refractivity contribution in [2.45, 2.75) is 19.1 Å². The second-order valence-electron chi connectivity index (χ2n) is 6.00. The minimum atomic E-state index is -0.701. The Morgan fingerprint density at radius 3 is 2.37 bits per heavy atom. The van der Waals surface area contributed by atoms with E-state index in [9.17, 15) is 4.79 Å². The van der Waals surface area contributed by atoms with Crippen molar-refractivity contribution in [1.82, 2.24) is 10.3 Å². The average molecular weight is 357 g/mol. The summed E-state index contributed by atoms with van der Waals surface area (Å²) in [5, 5.41) is 11.9. The van der Waals surface area contributed by atoms with Crippen molar-refractivity contribution in [3.05, 3.63) is 95.8 Å². The molecule has 2 atom stereocenters. The first-order chi connectivity index (χ1) is 13.2. The number of ether oxygens (including phenoxy) is 1. The van der Waals surface area contributed by atoms with Gasteiger partial charge in [-0.2, -0.15) is 5.26 Å². The van der Waals surface area contributed by atoms with Crippen molar-refractivity contribution in [2.24, 2.45) is 0 Å². The van der Waals surface area contributed by atoms with Gasteiger partial charge in [0, 0.05) is 6.20 Å². The van der Waals surface area contributed by atoms with Crippen LogP contribution in [0.5, 0.6) is 5.75 Å². The molecule has 1 aromatic heterocycles. The molecule has 3 aromatic rings. The number of rotatable bonds is 6. The first-order valence-corrected chi connectivity index (χ1v) is 8.60. The third-order valence-electron chi connectivity index (χ3n) is 4.07. The number of nitriles is 1. The molecule has 27 heavy (non-hydrogen) atoms. The van der Waals surface area contributed by atoms with E-state index >= 15 is 0 Å². The summed E-state index contributed by atoms with van der Waals surface area (Å²) >= 11 is 0. The maximum absolute atomic E-state index is 12.7. The molecule has 1 amide bonds. The van der Waals surface area contributed by atoms with Gasteiger partial charge in [0.05, 0.1) is 23.4 Å². The Bertz CT molecular complexity index is 880. The van der Waals surface area contributed by atoms with E-state index < -0.39 is 6.10 Å². The van der Waals surface area contributed by atoms with Gasteiger partial charge in [-0.15, -0.1) is 0 Å². The lowest BCUT2D eigenvalue weighted by atomic mass is 10.0. The number of hydrogen-bond acceptors (Lipinski definition) is 4. The molecule has 134 valence electrons. The van der Waals surface area contributed by atoms with Gasteiger partial charge >= 0.3 is 0 Å². The van der Waals surface area contributed by atoms with E-state index in [1.54, 1.807) is 37.4 Å². The molecule has 0 aliphatic carbocycles. The first-order valence-electron chi connectivity index (χ1n) is 8.60. The number of carbonyl (C=O) groups is 1. The number of nitrogens with zero attached hydrogens (tertiary/aromatic N) is 2. The van der Waals surface area contributed by atoms with E-state index in [0.29, 0.717) is 11.3 Å². The summed E-state index contributed by atoms with van der Waals surface area (Å²) in [4.78, 5) is 17.1. The van der Waals surface area contributed by atoms with Crippen molar-refractivity contribution in [2.75, 3.05) is 0 Å². The Labute approximate surface area is 158 Å². The van der Waals surface area contributed by atoms with Gasteiger partial charge in [-0.3, -0.25) is 9.78 Å². The van der Waals surface area contributed by atoms with Gasteiger partial charge in [-0.25, -0.2) is 0 Å². The molecule has 0 spiro atoms. The van der Waals surface area contributed by atoms with Gasteiger partial charge in [-0.05, 0) is 48.9 Å². The van der Waals surface area contributed by atoms with Crippen molar-refractivity contribution in [3.63, 3.8) is 0 Å². The summed E-state index contributed by atoms with van der Waals surface area (Å²) in [5.74, 6) is 0.282. The van der Waals surface area contributed by atoms with E-state index in [1.165, 1.54) is 0 Å². The largest absolute Gasteiger partial charge is 0.481 e. The lowest BCUT2D eigenvalue weighted by Gasteiger charge is -2.22. The number of benzene rings is 2. The predicted octanol–water partition coefficient (Wildman–Crippen LogP) is 3.63. The van der Waals surface area contributed by atoms with E-state index in [0.717, 1.165) is 11.3 Å². The third-order valence-corrected chi connectivity index (χ3v) is 4.07. The zero-order valence-corrected chi connectivity index (χ0v) is 14.9. The van der Waals surface area contributed by atoms with Gasteiger partial charge in [0.15, 0.2) is 6.10 Å². The van der Waals surface area contributed by atoms with E-state index in [1.807, 2.05) is 48.5 Å². The number of hydrogen-bond donors (Lipinski definition) is 1. The summed E-state index contributed by atoms with van der Waals surface area (Å²) < 4.78 is 5.71. The van der Waals surface area contributed by atoms with Gasteiger partial charge in [0.25, 0.3) is 5.91 Å². The molecule has 5 heteroatoms. The Hall–Kier alpha value is -3.65. The average Bonchev–Trinajstić information content (AvgIpc) is 2.73. The molecule has 0 saturated heterocycles. The normalized spacial score (nSPS) is 12.4. The highest BCUT2D eigenvalue weighted by atomic mass is 16.5. The Morgan fingerprint density at radius 2 is 1.74 bits per heavy atom. The first kappa shape index (κ1) is 18.2. The molecule has 0 aliphatic rings. The van der Waals surface area contributed by atoms with Gasteiger partial charge in [-0.1, -0.05) is 36.4 Å². The van der Waals surface area contributed by atoms with Crippen LogP contribution < -0.4 is 10.1 Å². The van der Waals surface area contributed by atoms with Crippen LogP contribution in [0.1, 0.15) is 29.8 Å². The fourth-order valence-corrected chi connectivity index (χ4v) is 2.65. The monoisotopic (exact) mass is 357 g/mol. The SMILES string of the molecule is CC(Oc1ccc(C#N)cc1)C(=O)NC(c1ccccc1)c1ccccn1. The van der Waals surface area contributed by atoms with Crippen molar-refractivity contribution < 1.29 is 9.53 Å². The fraction of sp³-hybridized carbons (Fsp3) is 0.136. The second kappa shape index (κ2) is 8.63. The highest BCUT2D eigenvalue weighted by Crippen LogP contribution is 2.21. The molecule has 2 aromatic carbocycles. The molecule has 2 unspecified atom stereocenters. The molecule has 0 aliphatic heterocycles. The third kappa shape index (κ3) is 4.71. The summed E-state index contributed by atoms with van der Waals surface area (Å²) in [6.07, 6.45) is 1.00. The molecule has 0 saturated carbocycles. The summed E-state index contributed by atoms with van der Waals surface area (Å²) in [6.45, 7) is 1.69. The van der Waals surface area contributed by atoms with Crippen LogP contribution >= 0.6 is 0 Å². The number of pyridine rings is 1. The molecule has 1 heterocycles. The molecule has 3 rings (SSSR count). The topological polar surface area (TPSA) is 75.0 Å². The Morgan fingerprint density at radius 1 is 1.04 bits per heavy atom. The molecular weight excluding hydrogens is 338 g/mol. The molecular formula is C22H19N3O2. The highest BCUT2D eigenvalue weighted by Gasteiger charge is 2.22. The Kier molecular flexibility index (Phi) is 5.80. The number of aromatic nitrogens is 1. The number of carbonyl (C=O) groups excluding carboxylic acids is 1. The van der Waals surface area contributed by atoms with Crippen LogP contribution in [-0.2, 0) is 4.79 Å². The molecule has 0 fully saturated rings. The maximum Gasteiger partial charge on any atom is 0.261 e. The second-order valence-corrected chi connectivity index (χ2v) is 6.00. The zero-order valence-electron chi connectivity index (χ0n) is 14.9. The smallest absolute Gasteiger partial charge is 0.261 e. The summed E-state index contributed by atoms with van der Waals surface area (Å²) in [6, 6.07) is 23.6. The van der Waals surface area contributed by atoms with Crippen LogP contribution in [0.15, 0.2) is 79.0 Å². The highest BCUT2D eigenvalue weighted by molar-refractivity contribution is 5.81. The molecule has 0 bridgehead atoms. The van der Waals surface area contributed by atoms with Crippen LogP contribution in [0.3, 0.4) is 0 Å². The maximum atomic E-state index is 12.7. The fourth-order valence-electron chi connectivity index (χ4n) is 2.65. The molecule has 1 N–H and O–H groups in total. The molecule has 5 nitrogen and oxygen atoms in total. The minimum absolute atomic E-state index is 0.251. The molecule has 0 radical (unpaired) electrons. The van der Waals surface area contributed by atoms with Gasteiger partial charge in [0.1, 0.15) is 5.75 Å². The Balaban J connectivity index is 1.74. The van der Waals surface area contributed by atoms with Crippen LogP contribution in [0.2, 0.25) is 0 Å². The van der Waals surface area contributed by atoms with Crippen molar-refractivity contribution >= 4 is 5.91 Å². The van der Waals surface area contributed by atoms with Gasteiger partial charge < -0.3 is 10.1 Å². The standard InChI is InChI=1S/C22H19N3O2/c1-16(27-19-12-10-17(15-23)11-13-19)22(26)25-21(18-7-3-2-4-8-18)20-9-5-6-14-24-20/h2-14,16,21H,1H3,(H,25,26). The quantitative estimate of drug-likeness (QED) is 0.731. The van der Waals surface area contributed by atoms with Crippen LogP contribution in [0, 0.1) is 11.3 Å². The summed E-state index contributed by atoms with van der Waals surface area (Å²) in [7, 11) is 0. The van der Waals surface area contributed by atoms with Crippen LogP contribution in [0.25, 0.3) is 0 Å². The zero-order chi connectivity index (χ0) is 19.1. The number of nitrogens with one attached hydrogen (secondary N) is 1. The minimum Gasteiger partial charge on any atom is -0.481 e. The number of amides is 1. The predicted molar refractivity (Wildman–Crippen MR) is 102 cm³/mol. The van der Waals surface area contributed by atoms with Crippen molar-refractivity contribution in [1.29, 1.82) is 5.26 Å². The van der Waals surface area contributed by atoms with E-state index in [-0.39, 0.29) is 11.9 Å². The van der Waals surface area contributed by atoms with E-state index in [4.69, 9.17) is 10.00 Å². The summed E-state index contributed by atoms with van der Waals surface area (Å²) in [5.41, 5.74) is 2.23.